The molecule has 0 unspecified atom stereocenters. The summed E-state index contributed by atoms with van der Waals surface area (Å²) in [6.07, 6.45) is 0.966. The third kappa shape index (κ3) is 5.12. The topological polar surface area (TPSA) is 87.5 Å². The Bertz CT molecular complexity index is 1100. The Morgan fingerprint density at radius 1 is 1.10 bits per heavy atom. The van der Waals surface area contributed by atoms with E-state index < -0.39 is 5.97 Å². The molecule has 0 aliphatic rings. The normalized spacial score (nSPS) is 10.7. The Morgan fingerprint density at radius 3 is 2.52 bits per heavy atom. The van der Waals surface area contributed by atoms with Crippen molar-refractivity contribution in [3.63, 3.8) is 0 Å². The zero-order valence-corrected chi connectivity index (χ0v) is 18.3. The molecular formula is C24H28N4O3. The Morgan fingerprint density at radius 2 is 1.84 bits per heavy atom. The van der Waals surface area contributed by atoms with E-state index in [0.29, 0.717) is 23.5 Å². The third-order valence-electron chi connectivity index (χ3n) is 5.11. The van der Waals surface area contributed by atoms with Crippen LogP contribution in [0.15, 0.2) is 48.5 Å². The van der Waals surface area contributed by atoms with Gasteiger partial charge < -0.3 is 15.3 Å². The number of carbonyl (C=O) groups excluding carboxylic acids is 1. The number of nitrogens with zero attached hydrogens (tertiary/aromatic N) is 3. The van der Waals surface area contributed by atoms with Crippen molar-refractivity contribution in [2.45, 2.75) is 40.3 Å². The average molecular weight is 421 g/mol. The van der Waals surface area contributed by atoms with Gasteiger partial charge in [-0.3, -0.25) is 9.48 Å². The van der Waals surface area contributed by atoms with Crippen molar-refractivity contribution in [3.8, 4) is 0 Å². The van der Waals surface area contributed by atoms with Gasteiger partial charge in [0.05, 0.1) is 29.2 Å². The summed E-state index contributed by atoms with van der Waals surface area (Å²) < 4.78 is 1.96. The number of carbonyl (C=O) groups is 2. The molecule has 0 spiro atoms. The van der Waals surface area contributed by atoms with Gasteiger partial charge in [-0.15, -0.1) is 0 Å². The number of hydrogen-bond donors (Lipinski definition) is 2. The van der Waals surface area contributed by atoms with Crippen molar-refractivity contribution in [3.05, 3.63) is 76.6 Å². The fraction of sp³-hybridized carbons (Fsp3) is 0.292. The molecule has 1 amide bonds. The van der Waals surface area contributed by atoms with Crippen LogP contribution in [0.2, 0.25) is 0 Å². The van der Waals surface area contributed by atoms with Crippen molar-refractivity contribution in [1.29, 1.82) is 0 Å². The van der Waals surface area contributed by atoms with Gasteiger partial charge in [-0.1, -0.05) is 25.1 Å². The minimum absolute atomic E-state index is 0.128. The molecule has 1 aromatic heterocycles. The van der Waals surface area contributed by atoms with Gasteiger partial charge in [0, 0.05) is 24.8 Å². The van der Waals surface area contributed by atoms with Crippen molar-refractivity contribution < 1.29 is 14.7 Å². The van der Waals surface area contributed by atoms with Gasteiger partial charge in [0.15, 0.2) is 0 Å². The highest BCUT2D eigenvalue weighted by atomic mass is 16.4. The molecule has 1 heterocycles. The van der Waals surface area contributed by atoms with Crippen LogP contribution in [0.1, 0.15) is 51.0 Å². The number of rotatable bonds is 8. The summed E-state index contributed by atoms with van der Waals surface area (Å²) in [6.45, 7) is 7.24. The number of benzene rings is 2. The van der Waals surface area contributed by atoms with Crippen LogP contribution >= 0.6 is 0 Å². The summed E-state index contributed by atoms with van der Waals surface area (Å²) in [7, 11) is 1.85. The van der Waals surface area contributed by atoms with E-state index in [4.69, 9.17) is 0 Å². The highest BCUT2D eigenvalue weighted by Gasteiger charge is 2.18. The number of anilines is 2. The summed E-state index contributed by atoms with van der Waals surface area (Å²) in [4.78, 5) is 26.4. The summed E-state index contributed by atoms with van der Waals surface area (Å²) in [5.74, 6) is -1.32. The largest absolute Gasteiger partial charge is 0.478 e. The maximum absolute atomic E-state index is 12.6. The standard InChI is InChI=1S/C24H28N4O3/c1-5-12-28-19(13-17(3)26-28)15-27(4)22-11-10-18(14-21(22)24(30)31)25-23(29)20-9-7-6-8-16(20)2/h6-11,13-14H,5,12,15H2,1-4H3,(H,25,29)(H,30,31). The number of amides is 1. The molecular weight excluding hydrogens is 392 g/mol. The van der Waals surface area contributed by atoms with E-state index >= 15 is 0 Å². The van der Waals surface area contributed by atoms with Gasteiger partial charge >= 0.3 is 5.97 Å². The lowest BCUT2D eigenvalue weighted by Crippen LogP contribution is -2.22. The van der Waals surface area contributed by atoms with Crippen LogP contribution < -0.4 is 10.2 Å². The number of aromatic carboxylic acids is 1. The van der Waals surface area contributed by atoms with Crippen LogP contribution in [0.5, 0.6) is 0 Å². The first-order valence-electron chi connectivity index (χ1n) is 10.3. The number of aromatic nitrogens is 2. The van der Waals surface area contributed by atoms with Crippen LogP contribution in [0.3, 0.4) is 0 Å². The predicted molar refractivity (Wildman–Crippen MR) is 122 cm³/mol. The number of carboxylic acids is 1. The first-order valence-corrected chi connectivity index (χ1v) is 10.3. The summed E-state index contributed by atoms with van der Waals surface area (Å²) in [5.41, 5.74) is 4.51. The second-order valence-corrected chi connectivity index (χ2v) is 7.66. The van der Waals surface area contributed by atoms with E-state index in [9.17, 15) is 14.7 Å². The highest BCUT2D eigenvalue weighted by Crippen LogP contribution is 2.26. The maximum Gasteiger partial charge on any atom is 0.337 e. The van der Waals surface area contributed by atoms with E-state index in [-0.39, 0.29) is 11.5 Å². The summed E-state index contributed by atoms with van der Waals surface area (Å²) in [5, 5.41) is 17.1. The molecule has 0 aliphatic heterocycles. The molecule has 3 aromatic rings. The number of hydrogen-bond acceptors (Lipinski definition) is 4. The van der Waals surface area contributed by atoms with Gasteiger partial charge in [-0.2, -0.15) is 5.10 Å². The SMILES string of the molecule is CCCn1nc(C)cc1CN(C)c1ccc(NC(=O)c2ccccc2C)cc1C(=O)O. The van der Waals surface area contributed by atoms with Crippen molar-refractivity contribution in [1.82, 2.24) is 9.78 Å². The Kier molecular flexibility index (Phi) is 6.74. The van der Waals surface area contributed by atoms with Gasteiger partial charge in [0.2, 0.25) is 0 Å². The summed E-state index contributed by atoms with van der Waals surface area (Å²) >= 11 is 0. The zero-order chi connectivity index (χ0) is 22.5. The van der Waals surface area contributed by atoms with Crippen LogP contribution in [0.4, 0.5) is 11.4 Å². The molecule has 2 aromatic carbocycles. The first kappa shape index (κ1) is 22.1. The van der Waals surface area contributed by atoms with E-state index in [1.165, 1.54) is 6.07 Å². The van der Waals surface area contributed by atoms with Crippen LogP contribution in [0, 0.1) is 13.8 Å². The molecule has 0 saturated heterocycles. The average Bonchev–Trinajstić information content (AvgIpc) is 3.07. The number of carboxylic acid groups (broad SMARTS) is 1. The lowest BCUT2D eigenvalue weighted by molar-refractivity contribution is 0.0697. The second-order valence-electron chi connectivity index (χ2n) is 7.66. The maximum atomic E-state index is 12.6. The fourth-order valence-electron chi connectivity index (χ4n) is 3.60. The molecule has 7 nitrogen and oxygen atoms in total. The van der Waals surface area contributed by atoms with Gasteiger partial charge in [-0.05, 0) is 56.2 Å². The summed E-state index contributed by atoms with van der Waals surface area (Å²) in [6, 6.07) is 14.2. The smallest absolute Gasteiger partial charge is 0.337 e. The van der Waals surface area contributed by atoms with Crippen molar-refractivity contribution in [2.75, 3.05) is 17.3 Å². The molecule has 0 atom stereocenters. The lowest BCUT2D eigenvalue weighted by Gasteiger charge is -2.22. The minimum atomic E-state index is -1.05. The first-order chi connectivity index (χ1) is 14.8. The highest BCUT2D eigenvalue weighted by molar-refractivity contribution is 6.06. The zero-order valence-electron chi connectivity index (χ0n) is 18.3. The quantitative estimate of drug-likeness (QED) is 0.560. The Balaban J connectivity index is 1.84. The molecule has 0 fully saturated rings. The van der Waals surface area contributed by atoms with Crippen molar-refractivity contribution >= 4 is 23.3 Å². The van der Waals surface area contributed by atoms with Crippen LogP contribution in [-0.2, 0) is 13.1 Å². The van der Waals surface area contributed by atoms with E-state index in [0.717, 1.165) is 29.9 Å². The predicted octanol–water partition coefficient (Wildman–Crippen LogP) is 4.50. The number of aryl methyl sites for hydroxylation is 3. The molecule has 0 saturated carbocycles. The fourth-order valence-corrected chi connectivity index (χ4v) is 3.60. The number of nitrogens with one attached hydrogen (secondary N) is 1. The van der Waals surface area contributed by atoms with Crippen LogP contribution in [-0.4, -0.2) is 33.8 Å². The molecule has 7 heteroatoms. The van der Waals surface area contributed by atoms with Gasteiger partial charge in [-0.25, -0.2) is 4.79 Å². The Labute approximate surface area is 182 Å². The minimum Gasteiger partial charge on any atom is -0.478 e. The second kappa shape index (κ2) is 9.47. The molecule has 3 rings (SSSR count). The van der Waals surface area contributed by atoms with Crippen LogP contribution in [0.25, 0.3) is 0 Å². The molecule has 0 bridgehead atoms. The molecule has 2 N–H and O–H groups in total. The Hall–Kier alpha value is -3.61. The van der Waals surface area contributed by atoms with Crippen molar-refractivity contribution in [2.24, 2.45) is 0 Å². The molecule has 0 aliphatic carbocycles. The van der Waals surface area contributed by atoms with Gasteiger partial charge in [0.1, 0.15) is 0 Å². The third-order valence-corrected chi connectivity index (χ3v) is 5.11. The molecule has 162 valence electrons. The van der Waals surface area contributed by atoms with E-state index in [2.05, 4.69) is 17.3 Å². The lowest BCUT2D eigenvalue weighted by atomic mass is 10.1. The molecule has 0 radical (unpaired) electrons. The van der Waals surface area contributed by atoms with E-state index in [1.54, 1.807) is 24.3 Å². The van der Waals surface area contributed by atoms with Gasteiger partial charge in [0.25, 0.3) is 5.91 Å². The molecule has 31 heavy (non-hydrogen) atoms. The van der Waals surface area contributed by atoms with E-state index in [1.807, 2.05) is 48.7 Å². The monoisotopic (exact) mass is 420 g/mol.